The first-order valence-electron chi connectivity index (χ1n) is 5.98. The SMILES string of the molecule is CC1(C)C(=O)NCCN1Cc1cc(Cl)ccc1N. The fourth-order valence-electron chi connectivity index (χ4n) is 2.14. The summed E-state index contributed by atoms with van der Waals surface area (Å²) in [4.78, 5) is 14.0. The van der Waals surface area contributed by atoms with Crippen LogP contribution in [-0.2, 0) is 11.3 Å². The van der Waals surface area contributed by atoms with E-state index in [1.165, 1.54) is 0 Å². The van der Waals surface area contributed by atoms with Gasteiger partial charge in [0.15, 0.2) is 0 Å². The molecule has 1 heterocycles. The summed E-state index contributed by atoms with van der Waals surface area (Å²) in [6.45, 7) is 5.95. The predicted molar refractivity (Wildman–Crippen MR) is 73.4 cm³/mol. The van der Waals surface area contributed by atoms with Crippen molar-refractivity contribution in [2.75, 3.05) is 18.8 Å². The summed E-state index contributed by atoms with van der Waals surface area (Å²) in [6.07, 6.45) is 0. The number of halogens is 1. The van der Waals surface area contributed by atoms with Gasteiger partial charge in [0.25, 0.3) is 0 Å². The summed E-state index contributed by atoms with van der Waals surface area (Å²) in [5.74, 6) is 0.0503. The third-order valence-electron chi connectivity index (χ3n) is 3.48. The summed E-state index contributed by atoms with van der Waals surface area (Å²) >= 11 is 5.98. The molecule has 3 N–H and O–H groups in total. The molecule has 0 spiro atoms. The Morgan fingerprint density at radius 1 is 1.50 bits per heavy atom. The minimum Gasteiger partial charge on any atom is -0.398 e. The van der Waals surface area contributed by atoms with E-state index in [2.05, 4.69) is 10.2 Å². The van der Waals surface area contributed by atoms with Gasteiger partial charge in [0, 0.05) is 30.3 Å². The zero-order valence-corrected chi connectivity index (χ0v) is 11.4. The maximum atomic E-state index is 11.9. The van der Waals surface area contributed by atoms with E-state index >= 15 is 0 Å². The first-order chi connectivity index (χ1) is 8.41. The van der Waals surface area contributed by atoms with Crippen LogP contribution in [0.2, 0.25) is 5.02 Å². The maximum absolute atomic E-state index is 11.9. The highest BCUT2D eigenvalue weighted by Crippen LogP contribution is 2.25. The van der Waals surface area contributed by atoms with Gasteiger partial charge in [-0.2, -0.15) is 0 Å². The second kappa shape index (κ2) is 4.78. The van der Waals surface area contributed by atoms with Crippen molar-refractivity contribution < 1.29 is 4.79 Å². The third-order valence-corrected chi connectivity index (χ3v) is 3.71. The van der Waals surface area contributed by atoms with Crippen LogP contribution in [0.5, 0.6) is 0 Å². The molecule has 1 aliphatic heterocycles. The molecule has 1 aliphatic rings. The standard InChI is InChI=1S/C13H18ClN3O/c1-13(2)12(18)16-5-6-17(13)8-9-7-10(14)3-4-11(9)15/h3-4,7H,5-6,8,15H2,1-2H3,(H,16,18). The van der Waals surface area contributed by atoms with Gasteiger partial charge in [0.2, 0.25) is 5.91 Å². The smallest absolute Gasteiger partial charge is 0.240 e. The highest BCUT2D eigenvalue weighted by molar-refractivity contribution is 6.30. The van der Waals surface area contributed by atoms with Crippen molar-refractivity contribution in [2.45, 2.75) is 25.9 Å². The molecular weight excluding hydrogens is 250 g/mol. The molecule has 1 amide bonds. The van der Waals surface area contributed by atoms with Crippen molar-refractivity contribution >= 4 is 23.2 Å². The number of benzene rings is 1. The lowest BCUT2D eigenvalue weighted by Crippen LogP contribution is -2.61. The molecule has 1 saturated heterocycles. The normalized spacial score (nSPS) is 19.6. The number of nitrogens with two attached hydrogens (primary N) is 1. The Morgan fingerprint density at radius 3 is 2.94 bits per heavy atom. The number of rotatable bonds is 2. The molecule has 4 nitrogen and oxygen atoms in total. The molecule has 1 aromatic rings. The molecule has 0 unspecified atom stereocenters. The van der Waals surface area contributed by atoms with Crippen molar-refractivity contribution in [3.05, 3.63) is 28.8 Å². The highest BCUT2D eigenvalue weighted by Gasteiger charge is 2.37. The minimum atomic E-state index is -0.521. The van der Waals surface area contributed by atoms with Gasteiger partial charge < -0.3 is 11.1 Å². The van der Waals surface area contributed by atoms with Crippen molar-refractivity contribution in [2.24, 2.45) is 0 Å². The average molecular weight is 268 g/mol. The molecular formula is C13H18ClN3O. The van der Waals surface area contributed by atoms with E-state index in [1.807, 2.05) is 19.9 Å². The van der Waals surface area contributed by atoms with Crippen molar-refractivity contribution in [3.8, 4) is 0 Å². The molecule has 5 heteroatoms. The molecule has 1 aromatic carbocycles. The first kappa shape index (κ1) is 13.2. The Kier molecular flexibility index (Phi) is 3.50. The van der Waals surface area contributed by atoms with Gasteiger partial charge in [0.1, 0.15) is 0 Å². The number of hydrogen-bond donors (Lipinski definition) is 2. The van der Waals surface area contributed by atoms with Crippen molar-refractivity contribution in [1.29, 1.82) is 0 Å². The highest BCUT2D eigenvalue weighted by atomic mass is 35.5. The average Bonchev–Trinajstić information content (AvgIpc) is 2.30. The first-order valence-corrected chi connectivity index (χ1v) is 6.36. The summed E-state index contributed by atoms with van der Waals surface area (Å²) in [5, 5.41) is 3.54. The Hall–Kier alpha value is -1.26. The third kappa shape index (κ3) is 2.44. The maximum Gasteiger partial charge on any atom is 0.240 e. The van der Waals surface area contributed by atoms with E-state index in [-0.39, 0.29) is 5.91 Å². The number of nitrogens with zero attached hydrogens (tertiary/aromatic N) is 1. The Balaban J connectivity index is 2.22. The topological polar surface area (TPSA) is 58.4 Å². The number of carbonyl (C=O) groups excluding carboxylic acids is 1. The molecule has 0 bridgehead atoms. The van der Waals surface area contributed by atoms with Crippen LogP contribution in [0.15, 0.2) is 18.2 Å². The van der Waals surface area contributed by atoms with Crippen LogP contribution in [0.3, 0.4) is 0 Å². The zero-order chi connectivity index (χ0) is 13.3. The zero-order valence-electron chi connectivity index (χ0n) is 10.7. The van der Waals surface area contributed by atoms with Crippen LogP contribution in [0, 0.1) is 0 Å². The number of nitrogens with one attached hydrogen (secondary N) is 1. The molecule has 0 aromatic heterocycles. The molecule has 0 saturated carbocycles. The lowest BCUT2D eigenvalue weighted by molar-refractivity contribution is -0.135. The van der Waals surface area contributed by atoms with Gasteiger partial charge in [-0.25, -0.2) is 0 Å². The summed E-state index contributed by atoms with van der Waals surface area (Å²) < 4.78 is 0. The molecule has 0 radical (unpaired) electrons. The number of nitrogen functional groups attached to an aromatic ring is 1. The van der Waals surface area contributed by atoms with Gasteiger partial charge in [0.05, 0.1) is 5.54 Å². The fraction of sp³-hybridized carbons (Fsp3) is 0.462. The quantitative estimate of drug-likeness (QED) is 0.801. The lowest BCUT2D eigenvalue weighted by atomic mass is 9.97. The second-order valence-electron chi connectivity index (χ2n) is 5.08. The van der Waals surface area contributed by atoms with E-state index in [9.17, 15) is 4.79 Å². The van der Waals surface area contributed by atoms with Crippen LogP contribution < -0.4 is 11.1 Å². The lowest BCUT2D eigenvalue weighted by Gasteiger charge is -2.41. The fourth-order valence-corrected chi connectivity index (χ4v) is 2.33. The van der Waals surface area contributed by atoms with Gasteiger partial charge in [-0.05, 0) is 37.6 Å². The largest absolute Gasteiger partial charge is 0.398 e. The van der Waals surface area contributed by atoms with Crippen LogP contribution >= 0.6 is 11.6 Å². The van der Waals surface area contributed by atoms with Gasteiger partial charge >= 0.3 is 0 Å². The molecule has 0 aliphatic carbocycles. The molecule has 1 fully saturated rings. The summed E-state index contributed by atoms with van der Waals surface area (Å²) in [7, 11) is 0. The van der Waals surface area contributed by atoms with Gasteiger partial charge in [-0.3, -0.25) is 9.69 Å². The number of amides is 1. The second-order valence-corrected chi connectivity index (χ2v) is 5.52. The van der Waals surface area contributed by atoms with Crippen molar-refractivity contribution in [3.63, 3.8) is 0 Å². The number of hydrogen-bond acceptors (Lipinski definition) is 3. The number of carbonyl (C=O) groups is 1. The van der Waals surface area contributed by atoms with E-state index in [1.54, 1.807) is 12.1 Å². The number of piperazine rings is 1. The molecule has 18 heavy (non-hydrogen) atoms. The molecule has 98 valence electrons. The molecule has 0 atom stereocenters. The van der Waals surface area contributed by atoms with Gasteiger partial charge in [-0.15, -0.1) is 0 Å². The summed E-state index contributed by atoms with van der Waals surface area (Å²) in [5.41, 5.74) is 7.10. The van der Waals surface area contributed by atoms with Crippen LogP contribution in [0.1, 0.15) is 19.4 Å². The van der Waals surface area contributed by atoms with Crippen LogP contribution in [-0.4, -0.2) is 29.4 Å². The monoisotopic (exact) mass is 267 g/mol. The molecule has 2 rings (SSSR count). The Bertz CT molecular complexity index is 473. The van der Waals surface area contributed by atoms with E-state index in [0.717, 1.165) is 12.1 Å². The Morgan fingerprint density at radius 2 is 2.22 bits per heavy atom. The van der Waals surface area contributed by atoms with Crippen molar-refractivity contribution in [1.82, 2.24) is 10.2 Å². The predicted octanol–water partition coefficient (Wildman–Crippen LogP) is 1.63. The Labute approximate surface area is 112 Å². The van der Waals surface area contributed by atoms with Gasteiger partial charge in [-0.1, -0.05) is 11.6 Å². The minimum absolute atomic E-state index is 0.0503. The van der Waals surface area contributed by atoms with Crippen LogP contribution in [0.25, 0.3) is 0 Å². The van der Waals surface area contributed by atoms with E-state index in [0.29, 0.717) is 23.8 Å². The number of anilines is 1. The van der Waals surface area contributed by atoms with Crippen LogP contribution in [0.4, 0.5) is 5.69 Å². The van der Waals surface area contributed by atoms with E-state index < -0.39 is 5.54 Å². The summed E-state index contributed by atoms with van der Waals surface area (Å²) in [6, 6.07) is 5.43. The van der Waals surface area contributed by atoms with E-state index in [4.69, 9.17) is 17.3 Å².